The predicted octanol–water partition coefficient (Wildman–Crippen LogP) is 1.02. The van der Waals surface area contributed by atoms with Gasteiger partial charge in [-0.05, 0) is 32.9 Å². The first-order valence-corrected chi connectivity index (χ1v) is 5.95. The second-order valence-electron chi connectivity index (χ2n) is 4.85. The molecule has 1 aliphatic rings. The summed E-state index contributed by atoms with van der Waals surface area (Å²) in [5.74, 6) is -0.912. The molecule has 0 aliphatic carbocycles. The predicted molar refractivity (Wildman–Crippen MR) is 63.6 cm³/mol. The summed E-state index contributed by atoms with van der Waals surface area (Å²) in [6.45, 7) is 5.59. The van der Waals surface area contributed by atoms with E-state index >= 15 is 0 Å². The highest BCUT2D eigenvalue weighted by atomic mass is 16.4. The highest BCUT2D eigenvalue weighted by Crippen LogP contribution is 2.25. The third-order valence-electron chi connectivity index (χ3n) is 3.67. The lowest BCUT2D eigenvalue weighted by Gasteiger charge is -2.22. The van der Waals surface area contributed by atoms with Crippen molar-refractivity contribution in [3.8, 4) is 0 Å². The maximum Gasteiger partial charge on any atom is 0.308 e. The Hall–Kier alpha value is -1.36. The molecule has 1 fully saturated rings. The molecule has 94 valence electrons. The minimum Gasteiger partial charge on any atom is -0.481 e. The summed E-state index contributed by atoms with van der Waals surface area (Å²) < 4.78 is 1.87. The Labute approximate surface area is 101 Å². The van der Waals surface area contributed by atoms with Crippen LogP contribution in [0.1, 0.15) is 24.7 Å². The largest absolute Gasteiger partial charge is 0.481 e. The standard InChI is InChI=1S/C12H19N3O2/c1-8-6-10(14(3)13-8)7-15-5-4-11(9(15)2)12(16)17/h6,9,11H,4-5,7H2,1-3H3,(H,16,17). The Morgan fingerprint density at radius 2 is 2.35 bits per heavy atom. The monoisotopic (exact) mass is 237 g/mol. The highest BCUT2D eigenvalue weighted by molar-refractivity contribution is 5.71. The molecule has 2 heterocycles. The van der Waals surface area contributed by atoms with Crippen LogP contribution in [0, 0.1) is 12.8 Å². The SMILES string of the molecule is Cc1cc(CN2CCC(C(=O)O)C2C)n(C)n1. The average Bonchev–Trinajstić information content (AvgIpc) is 2.73. The van der Waals surface area contributed by atoms with Gasteiger partial charge in [0.2, 0.25) is 0 Å². The zero-order valence-corrected chi connectivity index (χ0v) is 10.6. The molecule has 0 spiro atoms. The van der Waals surface area contributed by atoms with E-state index in [1.54, 1.807) is 0 Å². The van der Waals surface area contributed by atoms with Crippen molar-refractivity contribution in [2.75, 3.05) is 6.54 Å². The maximum absolute atomic E-state index is 11.0. The first-order valence-electron chi connectivity index (χ1n) is 5.95. The van der Waals surface area contributed by atoms with E-state index in [9.17, 15) is 4.79 Å². The van der Waals surface area contributed by atoms with E-state index in [4.69, 9.17) is 5.11 Å². The molecule has 0 aromatic carbocycles. The van der Waals surface area contributed by atoms with Crippen molar-refractivity contribution >= 4 is 5.97 Å². The molecule has 1 aliphatic heterocycles. The van der Waals surface area contributed by atoms with Crippen molar-refractivity contribution in [1.29, 1.82) is 0 Å². The fraction of sp³-hybridized carbons (Fsp3) is 0.667. The zero-order chi connectivity index (χ0) is 12.6. The zero-order valence-electron chi connectivity index (χ0n) is 10.6. The van der Waals surface area contributed by atoms with Gasteiger partial charge < -0.3 is 5.11 Å². The maximum atomic E-state index is 11.0. The Bertz CT molecular complexity index is 427. The minimum absolute atomic E-state index is 0.0997. The van der Waals surface area contributed by atoms with Crippen LogP contribution < -0.4 is 0 Å². The second-order valence-corrected chi connectivity index (χ2v) is 4.85. The molecule has 0 saturated carbocycles. The Morgan fingerprint density at radius 1 is 1.65 bits per heavy atom. The number of carbonyl (C=O) groups is 1. The van der Waals surface area contributed by atoms with E-state index in [1.807, 2.05) is 25.6 Å². The van der Waals surface area contributed by atoms with Gasteiger partial charge in [0, 0.05) is 19.6 Å². The number of carboxylic acid groups (broad SMARTS) is 1. The molecule has 0 radical (unpaired) electrons. The van der Waals surface area contributed by atoms with Crippen molar-refractivity contribution in [3.63, 3.8) is 0 Å². The third kappa shape index (κ3) is 2.34. The van der Waals surface area contributed by atoms with Crippen LogP contribution in [0.2, 0.25) is 0 Å². The molecular weight excluding hydrogens is 218 g/mol. The van der Waals surface area contributed by atoms with Gasteiger partial charge in [0.05, 0.1) is 17.3 Å². The second kappa shape index (κ2) is 4.49. The van der Waals surface area contributed by atoms with Crippen molar-refractivity contribution in [2.45, 2.75) is 32.9 Å². The molecule has 2 unspecified atom stereocenters. The number of rotatable bonds is 3. The smallest absolute Gasteiger partial charge is 0.308 e. The molecule has 0 bridgehead atoms. The van der Waals surface area contributed by atoms with Crippen LogP contribution >= 0.6 is 0 Å². The molecule has 17 heavy (non-hydrogen) atoms. The van der Waals surface area contributed by atoms with E-state index in [0.717, 1.165) is 30.9 Å². The molecule has 0 amide bonds. The summed E-state index contributed by atoms with van der Waals surface area (Å²) in [6, 6.07) is 2.16. The molecule has 1 aromatic heterocycles. The van der Waals surface area contributed by atoms with Crippen molar-refractivity contribution in [2.24, 2.45) is 13.0 Å². The van der Waals surface area contributed by atoms with E-state index in [2.05, 4.69) is 16.1 Å². The lowest BCUT2D eigenvalue weighted by Crippen LogP contribution is -2.33. The Morgan fingerprint density at radius 3 is 2.82 bits per heavy atom. The first kappa shape index (κ1) is 12.1. The molecule has 2 rings (SSSR count). The van der Waals surface area contributed by atoms with E-state index in [-0.39, 0.29) is 12.0 Å². The summed E-state index contributed by atoms with van der Waals surface area (Å²) >= 11 is 0. The number of likely N-dealkylation sites (tertiary alicyclic amines) is 1. The number of hydrogen-bond donors (Lipinski definition) is 1. The number of carboxylic acids is 1. The Balaban J connectivity index is 2.06. The number of nitrogens with zero attached hydrogens (tertiary/aromatic N) is 3. The number of aromatic nitrogens is 2. The van der Waals surface area contributed by atoms with Crippen LogP contribution in [0.4, 0.5) is 0 Å². The Kier molecular flexibility index (Phi) is 3.19. The van der Waals surface area contributed by atoms with Crippen molar-refractivity contribution in [3.05, 3.63) is 17.5 Å². The van der Waals surface area contributed by atoms with Gasteiger partial charge in [-0.2, -0.15) is 5.10 Å². The minimum atomic E-state index is -0.679. The highest BCUT2D eigenvalue weighted by Gasteiger charge is 2.35. The van der Waals surface area contributed by atoms with Crippen molar-refractivity contribution < 1.29 is 9.90 Å². The number of hydrogen-bond acceptors (Lipinski definition) is 3. The quantitative estimate of drug-likeness (QED) is 0.853. The first-order chi connectivity index (χ1) is 7.99. The molecular formula is C12H19N3O2. The molecule has 5 heteroatoms. The summed E-state index contributed by atoms with van der Waals surface area (Å²) in [5, 5.41) is 13.4. The fourth-order valence-corrected chi connectivity index (χ4v) is 2.58. The lowest BCUT2D eigenvalue weighted by molar-refractivity contribution is -0.142. The fourth-order valence-electron chi connectivity index (χ4n) is 2.58. The molecule has 1 saturated heterocycles. The van der Waals surface area contributed by atoms with Gasteiger partial charge in [-0.1, -0.05) is 0 Å². The molecule has 1 aromatic rings. The van der Waals surface area contributed by atoms with Gasteiger partial charge in [-0.15, -0.1) is 0 Å². The van der Waals surface area contributed by atoms with Gasteiger partial charge in [0.25, 0.3) is 0 Å². The molecule has 5 nitrogen and oxygen atoms in total. The summed E-state index contributed by atoms with van der Waals surface area (Å²) in [4.78, 5) is 13.3. The van der Waals surface area contributed by atoms with Crippen LogP contribution in [0.15, 0.2) is 6.07 Å². The number of aryl methyl sites for hydroxylation is 2. The lowest BCUT2D eigenvalue weighted by atomic mass is 10.0. The van der Waals surface area contributed by atoms with Crippen LogP contribution in [-0.2, 0) is 18.4 Å². The van der Waals surface area contributed by atoms with Crippen LogP contribution in [-0.4, -0.2) is 38.3 Å². The molecule has 1 N–H and O–H groups in total. The van der Waals surface area contributed by atoms with Gasteiger partial charge >= 0.3 is 5.97 Å². The summed E-state index contributed by atoms with van der Waals surface area (Å²) in [6.07, 6.45) is 0.743. The number of aliphatic carboxylic acids is 1. The normalized spacial score (nSPS) is 25.4. The van der Waals surface area contributed by atoms with Gasteiger partial charge in [0.15, 0.2) is 0 Å². The van der Waals surface area contributed by atoms with E-state index in [1.165, 1.54) is 0 Å². The topological polar surface area (TPSA) is 58.4 Å². The van der Waals surface area contributed by atoms with Crippen LogP contribution in [0.5, 0.6) is 0 Å². The third-order valence-corrected chi connectivity index (χ3v) is 3.67. The summed E-state index contributed by atoms with van der Waals surface area (Å²) in [5.41, 5.74) is 2.14. The van der Waals surface area contributed by atoms with E-state index < -0.39 is 5.97 Å². The van der Waals surface area contributed by atoms with Gasteiger partial charge in [0.1, 0.15) is 0 Å². The van der Waals surface area contributed by atoms with Crippen LogP contribution in [0.3, 0.4) is 0 Å². The van der Waals surface area contributed by atoms with Gasteiger partial charge in [-0.3, -0.25) is 14.4 Å². The van der Waals surface area contributed by atoms with Gasteiger partial charge in [-0.25, -0.2) is 0 Å². The van der Waals surface area contributed by atoms with E-state index in [0.29, 0.717) is 0 Å². The molecule has 2 atom stereocenters. The van der Waals surface area contributed by atoms with Crippen LogP contribution in [0.25, 0.3) is 0 Å². The average molecular weight is 237 g/mol. The van der Waals surface area contributed by atoms with Crippen molar-refractivity contribution in [1.82, 2.24) is 14.7 Å². The summed E-state index contributed by atoms with van der Waals surface area (Å²) in [7, 11) is 1.93.